The smallest absolute Gasteiger partial charge is 0.254 e. The van der Waals surface area contributed by atoms with Crippen molar-refractivity contribution < 1.29 is 18.7 Å². The third-order valence-electron chi connectivity index (χ3n) is 3.11. The summed E-state index contributed by atoms with van der Waals surface area (Å²) in [6, 6.07) is 11.3. The molecule has 110 valence electrons. The highest BCUT2D eigenvalue weighted by atomic mass is 19.1. The Kier molecular flexibility index (Phi) is 5.00. The molecule has 21 heavy (non-hydrogen) atoms. The van der Waals surface area contributed by atoms with Crippen LogP contribution in [-0.4, -0.2) is 17.6 Å². The van der Waals surface area contributed by atoms with Crippen LogP contribution in [0.5, 0.6) is 0 Å². The van der Waals surface area contributed by atoms with E-state index in [1.54, 1.807) is 30.3 Å². The highest BCUT2D eigenvalue weighted by Crippen LogP contribution is 2.16. The summed E-state index contributed by atoms with van der Waals surface area (Å²) in [5, 5.41) is 11.9. The molecule has 5 heteroatoms. The van der Waals surface area contributed by atoms with Crippen molar-refractivity contribution >= 4 is 5.91 Å². The van der Waals surface area contributed by atoms with Gasteiger partial charge in [0.15, 0.2) is 0 Å². The third kappa shape index (κ3) is 3.64. The van der Waals surface area contributed by atoms with Crippen LogP contribution < -0.4 is 5.32 Å². The van der Waals surface area contributed by atoms with Gasteiger partial charge in [0.05, 0.1) is 18.2 Å². The van der Waals surface area contributed by atoms with Crippen molar-refractivity contribution in [1.29, 1.82) is 0 Å². The first-order chi connectivity index (χ1) is 10.2. The standard InChI is InChI=1S/C16H15F2NO2/c17-9-11-4-3-5-12(8-11)15(10-20)19-16(21)13-6-1-2-7-14(13)18/h1-8,15,20H,9-10H2,(H,19,21). The molecule has 0 aliphatic carbocycles. The number of rotatable bonds is 5. The molecule has 0 fully saturated rings. The lowest BCUT2D eigenvalue weighted by Gasteiger charge is -2.17. The summed E-state index contributed by atoms with van der Waals surface area (Å²) in [7, 11) is 0. The zero-order valence-corrected chi connectivity index (χ0v) is 11.2. The van der Waals surface area contributed by atoms with Gasteiger partial charge in [0.25, 0.3) is 5.91 Å². The summed E-state index contributed by atoms with van der Waals surface area (Å²) in [4.78, 5) is 12.0. The number of hydrogen-bond donors (Lipinski definition) is 2. The van der Waals surface area contributed by atoms with E-state index in [0.29, 0.717) is 11.1 Å². The molecule has 2 aromatic carbocycles. The summed E-state index contributed by atoms with van der Waals surface area (Å²) >= 11 is 0. The Morgan fingerprint density at radius 1 is 1.19 bits per heavy atom. The first-order valence-corrected chi connectivity index (χ1v) is 6.46. The van der Waals surface area contributed by atoms with Gasteiger partial charge in [-0.1, -0.05) is 36.4 Å². The second-order valence-corrected chi connectivity index (χ2v) is 4.57. The van der Waals surface area contributed by atoms with Crippen LogP contribution in [0.1, 0.15) is 27.5 Å². The molecule has 0 aliphatic rings. The Labute approximate surface area is 121 Å². The molecule has 0 radical (unpaired) electrons. The lowest BCUT2D eigenvalue weighted by atomic mass is 10.0. The van der Waals surface area contributed by atoms with Crippen molar-refractivity contribution in [3.63, 3.8) is 0 Å². The summed E-state index contributed by atoms with van der Waals surface area (Å²) in [6.45, 7) is -0.997. The van der Waals surface area contributed by atoms with E-state index >= 15 is 0 Å². The molecule has 1 amide bonds. The molecule has 1 atom stereocenters. The molecule has 0 heterocycles. The van der Waals surface area contributed by atoms with Gasteiger partial charge in [0, 0.05) is 0 Å². The number of aliphatic hydroxyl groups excluding tert-OH is 1. The molecule has 0 bridgehead atoms. The molecule has 2 rings (SSSR count). The van der Waals surface area contributed by atoms with Gasteiger partial charge in [-0.05, 0) is 23.3 Å². The predicted molar refractivity (Wildman–Crippen MR) is 74.9 cm³/mol. The van der Waals surface area contributed by atoms with Gasteiger partial charge >= 0.3 is 0 Å². The van der Waals surface area contributed by atoms with Crippen molar-refractivity contribution in [2.75, 3.05) is 6.61 Å². The molecule has 0 saturated carbocycles. The fraction of sp³-hybridized carbons (Fsp3) is 0.188. The van der Waals surface area contributed by atoms with Gasteiger partial charge in [-0.25, -0.2) is 8.78 Å². The van der Waals surface area contributed by atoms with Gasteiger partial charge in [0.2, 0.25) is 0 Å². The van der Waals surface area contributed by atoms with Crippen LogP contribution in [0.3, 0.4) is 0 Å². The number of nitrogens with one attached hydrogen (secondary N) is 1. The van der Waals surface area contributed by atoms with E-state index in [1.807, 2.05) is 0 Å². The Morgan fingerprint density at radius 2 is 1.95 bits per heavy atom. The van der Waals surface area contributed by atoms with E-state index in [9.17, 15) is 18.7 Å². The second-order valence-electron chi connectivity index (χ2n) is 4.57. The normalized spacial score (nSPS) is 12.0. The minimum Gasteiger partial charge on any atom is -0.394 e. The number of carbonyl (C=O) groups is 1. The van der Waals surface area contributed by atoms with E-state index in [-0.39, 0.29) is 12.2 Å². The van der Waals surface area contributed by atoms with E-state index < -0.39 is 24.4 Å². The molecular formula is C16H15F2NO2. The number of carbonyl (C=O) groups excluding carboxylic acids is 1. The van der Waals surface area contributed by atoms with Crippen molar-refractivity contribution in [2.45, 2.75) is 12.7 Å². The molecule has 2 aromatic rings. The van der Waals surface area contributed by atoms with Crippen LogP contribution in [-0.2, 0) is 6.67 Å². The van der Waals surface area contributed by atoms with Crippen LogP contribution in [0, 0.1) is 5.82 Å². The Balaban J connectivity index is 2.19. The molecule has 0 spiro atoms. The van der Waals surface area contributed by atoms with Gasteiger partial charge < -0.3 is 10.4 Å². The third-order valence-corrected chi connectivity index (χ3v) is 3.11. The largest absolute Gasteiger partial charge is 0.394 e. The maximum atomic E-state index is 13.5. The van der Waals surface area contributed by atoms with Gasteiger partial charge in [0.1, 0.15) is 12.5 Å². The summed E-state index contributed by atoms with van der Waals surface area (Å²) in [5.41, 5.74) is 0.918. The highest BCUT2D eigenvalue weighted by molar-refractivity contribution is 5.94. The highest BCUT2D eigenvalue weighted by Gasteiger charge is 2.17. The summed E-state index contributed by atoms with van der Waals surface area (Å²) in [5.74, 6) is -1.26. The minimum absolute atomic E-state index is 0.0994. The first kappa shape index (κ1) is 15.1. The van der Waals surface area contributed by atoms with Crippen LogP contribution in [0.2, 0.25) is 0 Å². The predicted octanol–water partition coefficient (Wildman–Crippen LogP) is 2.76. The Bertz CT molecular complexity index is 631. The average Bonchev–Trinajstić information content (AvgIpc) is 2.52. The zero-order valence-electron chi connectivity index (χ0n) is 11.2. The van der Waals surface area contributed by atoms with Crippen molar-refractivity contribution in [3.05, 3.63) is 71.0 Å². The lowest BCUT2D eigenvalue weighted by molar-refractivity contribution is 0.0912. The second kappa shape index (κ2) is 6.95. The fourth-order valence-corrected chi connectivity index (χ4v) is 2.01. The monoisotopic (exact) mass is 291 g/mol. The average molecular weight is 291 g/mol. The number of alkyl halides is 1. The van der Waals surface area contributed by atoms with Crippen LogP contribution in [0.15, 0.2) is 48.5 Å². The van der Waals surface area contributed by atoms with E-state index in [4.69, 9.17) is 0 Å². The minimum atomic E-state index is -0.719. The molecule has 3 nitrogen and oxygen atoms in total. The topological polar surface area (TPSA) is 49.3 Å². The molecular weight excluding hydrogens is 276 g/mol. The Hall–Kier alpha value is -2.27. The number of benzene rings is 2. The van der Waals surface area contributed by atoms with Crippen LogP contribution in [0.4, 0.5) is 8.78 Å². The lowest BCUT2D eigenvalue weighted by Crippen LogP contribution is -2.31. The van der Waals surface area contributed by atoms with Gasteiger partial charge in [-0.15, -0.1) is 0 Å². The van der Waals surface area contributed by atoms with Crippen molar-refractivity contribution in [1.82, 2.24) is 5.32 Å². The van der Waals surface area contributed by atoms with Gasteiger partial charge in [-0.2, -0.15) is 0 Å². The fourth-order valence-electron chi connectivity index (χ4n) is 2.01. The number of amides is 1. The first-order valence-electron chi connectivity index (χ1n) is 6.46. The van der Waals surface area contributed by atoms with E-state index in [1.165, 1.54) is 18.2 Å². The van der Waals surface area contributed by atoms with Crippen molar-refractivity contribution in [3.8, 4) is 0 Å². The van der Waals surface area contributed by atoms with Gasteiger partial charge in [-0.3, -0.25) is 4.79 Å². The molecule has 1 unspecified atom stereocenters. The molecule has 2 N–H and O–H groups in total. The summed E-state index contributed by atoms with van der Waals surface area (Å²) in [6.07, 6.45) is 0. The summed E-state index contributed by atoms with van der Waals surface area (Å²) < 4.78 is 26.2. The van der Waals surface area contributed by atoms with E-state index in [2.05, 4.69) is 5.32 Å². The zero-order chi connectivity index (χ0) is 15.2. The Morgan fingerprint density at radius 3 is 2.62 bits per heavy atom. The molecule has 0 aromatic heterocycles. The number of hydrogen-bond acceptors (Lipinski definition) is 2. The maximum absolute atomic E-state index is 13.5. The number of aliphatic hydroxyl groups is 1. The molecule has 0 aliphatic heterocycles. The van der Waals surface area contributed by atoms with Crippen molar-refractivity contribution in [2.24, 2.45) is 0 Å². The van der Waals surface area contributed by atoms with E-state index in [0.717, 1.165) is 0 Å². The number of halogens is 2. The van der Waals surface area contributed by atoms with Crippen LogP contribution in [0.25, 0.3) is 0 Å². The van der Waals surface area contributed by atoms with Crippen LogP contribution >= 0.6 is 0 Å². The quantitative estimate of drug-likeness (QED) is 0.890. The maximum Gasteiger partial charge on any atom is 0.254 e. The molecule has 0 saturated heterocycles. The SMILES string of the molecule is O=C(NC(CO)c1cccc(CF)c1)c1ccccc1F.